The molecule has 2 saturated heterocycles. The minimum absolute atomic E-state index is 0.0943. The van der Waals surface area contributed by atoms with Crippen molar-refractivity contribution in [1.29, 1.82) is 0 Å². The zero-order valence-electron chi connectivity index (χ0n) is 14.3. The van der Waals surface area contributed by atoms with Crippen molar-refractivity contribution in [2.24, 2.45) is 0 Å². The number of nitrogens with one attached hydrogen (secondary N) is 1. The van der Waals surface area contributed by atoms with Crippen LogP contribution in [0.5, 0.6) is 0 Å². The Hall–Kier alpha value is -1.85. The number of H-pyrrole nitrogens is 1. The maximum Gasteiger partial charge on any atom is 0.224 e. The third-order valence-electron chi connectivity index (χ3n) is 5.54. The molecule has 0 aliphatic carbocycles. The Morgan fingerprint density at radius 1 is 1.29 bits per heavy atom. The topological polar surface area (TPSA) is 48.6 Å². The van der Waals surface area contributed by atoms with Crippen molar-refractivity contribution in [3.8, 4) is 0 Å². The lowest BCUT2D eigenvalue weighted by Crippen LogP contribution is -2.46. The number of hydrogen-bond acceptors (Lipinski definition) is 3. The van der Waals surface area contributed by atoms with Gasteiger partial charge in [-0.1, -0.05) is 18.2 Å². The Morgan fingerprint density at radius 3 is 2.92 bits per heavy atom. The number of amides is 1. The van der Waals surface area contributed by atoms with Gasteiger partial charge < -0.3 is 19.5 Å². The molecule has 0 unspecified atom stereocenters. The van der Waals surface area contributed by atoms with E-state index in [9.17, 15) is 4.79 Å². The summed E-state index contributed by atoms with van der Waals surface area (Å²) in [5, 5.41) is 1.22. The number of para-hydroxylation sites is 1. The van der Waals surface area contributed by atoms with Crippen LogP contribution < -0.4 is 0 Å². The molecular formula is C19H25N3O2. The van der Waals surface area contributed by atoms with E-state index in [1.165, 1.54) is 10.9 Å². The van der Waals surface area contributed by atoms with E-state index in [4.69, 9.17) is 4.74 Å². The van der Waals surface area contributed by atoms with Crippen LogP contribution in [0.4, 0.5) is 0 Å². The van der Waals surface area contributed by atoms with E-state index >= 15 is 0 Å². The molecule has 5 heteroatoms. The van der Waals surface area contributed by atoms with Crippen LogP contribution in [-0.4, -0.2) is 59.7 Å². The van der Waals surface area contributed by atoms with Crippen LogP contribution in [0.15, 0.2) is 30.5 Å². The van der Waals surface area contributed by atoms with Gasteiger partial charge >= 0.3 is 0 Å². The van der Waals surface area contributed by atoms with E-state index in [1.54, 1.807) is 0 Å². The first-order valence-electron chi connectivity index (χ1n) is 8.81. The molecule has 1 amide bonds. The number of ether oxygens (including phenoxy) is 1. The summed E-state index contributed by atoms with van der Waals surface area (Å²) in [7, 11) is 2.14. The number of aryl methyl sites for hydroxylation is 1. The zero-order chi connectivity index (χ0) is 16.6. The smallest absolute Gasteiger partial charge is 0.224 e. The van der Waals surface area contributed by atoms with Crippen molar-refractivity contribution in [3.05, 3.63) is 36.0 Å². The molecule has 2 aromatic rings. The molecule has 4 rings (SSSR count). The summed E-state index contributed by atoms with van der Waals surface area (Å²) in [6, 6.07) is 8.24. The van der Waals surface area contributed by atoms with Crippen molar-refractivity contribution in [2.45, 2.75) is 31.3 Å². The van der Waals surface area contributed by atoms with Crippen LogP contribution >= 0.6 is 0 Å². The van der Waals surface area contributed by atoms with E-state index in [1.807, 2.05) is 23.2 Å². The van der Waals surface area contributed by atoms with Crippen LogP contribution in [-0.2, 0) is 16.0 Å². The first-order valence-corrected chi connectivity index (χ1v) is 8.81. The Labute approximate surface area is 142 Å². The largest absolute Gasteiger partial charge is 0.361 e. The number of carbonyl (C=O) groups is 1. The van der Waals surface area contributed by atoms with E-state index in [0.29, 0.717) is 13.2 Å². The van der Waals surface area contributed by atoms with Gasteiger partial charge in [0.15, 0.2) is 0 Å². The molecule has 3 heterocycles. The Bertz CT molecular complexity index is 731. The van der Waals surface area contributed by atoms with E-state index in [0.717, 1.165) is 44.4 Å². The highest BCUT2D eigenvalue weighted by molar-refractivity contribution is 5.84. The Balaban J connectivity index is 1.35. The number of rotatable bonds is 3. The molecule has 1 aromatic heterocycles. The summed E-state index contributed by atoms with van der Waals surface area (Å²) in [6.45, 7) is 3.32. The lowest BCUT2D eigenvalue weighted by molar-refractivity contribution is -0.131. The van der Waals surface area contributed by atoms with Gasteiger partial charge in [-0.2, -0.15) is 0 Å². The zero-order valence-corrected chi connectivity index (χ0v) is 14.3. The highest BCUT2D eigenvalue weighted by Crippen LogP contribution is 2.32. The maximum absolute atomic E-state index is 12.6. The molecule has 0 saturated carbocycles. The van der Waals surface area contributed by atoms with Gasteiger partial charge in [0, 0.05) is 36.6 Å². The average Bonchev–Trinajstić information content (AvgIpc) is 3.21. The van der Waals surface area contributed by atoms with Gasteiger partial charge in [0.25, 0.3) is 0 Å². The molecule has 5 nitrogen and oxygen atoms in total. The highest BCUT2D eigenvalue weighted by Gasteiger charge is 2.42. The summed E-state index contributed by atoms with van der Waals surface area (Å²) >= 11 is 0. The monoisotopic (exact) mass is 327 g/mol. The maximum atomic E-state index is 12.6. The number of aromatic nitrogens is 1. The van der Waals surface area contributed by atoms with Crippen molar-refractivity contribution >= 4 is 16.8 Å². The molecule has 1 spiro atoms. The standard InChI is InChI=1S/C19H25N3O2/c1-21-10-8-19(9-11-21)13-22(14-24-19)18(23)7-6-15-12-20-17-5-3-2-4-16(15)17/h2-5,12,20H,6-11,13-14H2,1H3. The minimum atomic E-state index is -0.0943. The molecule has 0 bridgehead atoms. The lowest BCUT2D eigenvalue weighted by Gasteiger charge is -2.36. The number of nitrogens with zero attached hydrogens (tertiary/aromatic N) is 2. The number of piperidine rings is 1. The summed E-state index contributed by atoms with van der Waals surface area (Å²) in [5.41, 5.74) is 2.26. The Morgan fingerprint density at radius 2 is 2.08 bits per heavy atom. The predicted octanol–water partition coefficient (Wildman–Crippen LogP) is 2.38. The number of likely N-dealkylation sites (tertiary alicyclic amines) is 1. The molecule has 128 valence electrons. The molecule has 24 heavy (non-hydrogen) atoms. The number of carbonyl (C=O) groups excluding carboxylic acids is 1. The van der Waals surface area contributed by atoms with E-state index in [-0.39, 0.29) is 11.5 Å². The SMILES string of the molecule is CN1CCC2(CC1)CN(C(=O)CCc1c[nH]c3ccccc13)CO2. The number of aromatic amines is 1. The molecular weight excluding hydrogens is 302 g/mol. The first kappa shape index (κ1) is 15.7. The fraction of sp³-hybridized carbons (Fsp3) is 0.526. The minimum Gasteiger partial charge on any atom is -0.361 e. The van der Waals surface area contributed by atoms with Gasteiger partial charge in [-0.3, -0.25) is 4.79 Å². The summed E-state index contributed by atoms with van der Waals surface area (Å²) in [6.07, 6.45) is 5.39. The van der Waals surface area contributed by atoms with Gasteiger partial charge in [-0.15, -0.1) is 0 Å². The first-order chi connectivity index (χ1) is 11.7. The van der Waals surface area contributed by atoms with Crippen molar-refractivity contribution < 1.29 is 9.53 Å². The second kappa shape index (κ2) is 6.22. The molecule has 2 fully saturated rings. The summed E-state index contributed by atoms with van der Waals surface area (Å²) in [4.78, 5) is 20.1. The van der Waals surface area contributed by atoms with Crippen LogP contribution in [0, 0.1) is 0 Å². The van der Waals surface area contributed by atoms with Gasteiger partial charge in [0.2, 0.25) is 5.91 Å². The molecule has 0 atom stereocenters. The molecule has 2 aliphatic rings. The van der Waals surface area contributed by atoms with Crippen molar-refractivity contribution in [2.75, 3.05) is 33.4 Å². The van der Waals surface area contributed by atoms with Gasteiger partial charge in [0.1, 0.15) is 6.73 Å². The third-order valence-corrected chi connectivity index (χ3v) is 5.54. The summed E-state index contributed by atoms with van der Waals surface area (Å²) < 4.78 is 6.04. The van der Waals surface area contributed by atoms with E-state index < -0.39 is 0 Å². The lowest BCUT2D eigenvalue weighted by atomic mass is 9.91. The second-order valence-corrected chi connectivity index (χ2v) is 7.21. The van der Waals surface area contributed by atoms with E-state index in [2.05, 4.69) is 29.1 Å². The van der Waals surface area contributed by atoms with Gasteiger partial charge in [-0.25, -0.2) is 0 Å². The van der Waals surface area contributed by atoms with Crippen LogP contribution in [0.2, 0.25) is 0 Å². The molecule has 1 N–H and O–H groups in total. The van der Waals surface area contributed by atoms with Crippen LogP contribution in [0.25, 0.3) is 10.9 Å². The highest BCUT2D eigenvalue weighted by atomic mass is 16.5. The Kier molecular flexibility index (Phi) is 4.06. The summed E-state index contributed by atoms with van der Waals surface area (Å²) in [5.74, 6) is 0.205. The molecule has 1 aromatic carbocycles. The number of hydrogen-bond donors (Lipinski definition) is 1. The van der Waals surface area contributed by atoms with Crippen LogP contribution in [0.1, 0.15) is 24.8 Å². The third kappa shape index (κ3) is 2.94. The fourth-order valence-electron chi connectivity index (χ4n) is 3.88. The quantitative estimate of drug-likeness (QED) is 0.942. The predicted molar refractivity (Wildman–Crippen MR) is 93.7 cm³/mol. The fourth-order valence-corrected chi connectivity index (χ4v) is 3.88. The van der Waals surface area contributed by atoms with Gasteiger partial charge in [-0.05, 0) is 37.9 Å². The van der Waals surface area contributed by atoms with Gasteiger partial charge in [0.05, 0.1) is 12.1 Å². The normalized spacial score (nSPS) is 21.0. The molecule has 2 aliphatic heterocycles. The van der Waals surface area contributed by atoms with Crippen molar-refractivity contribution in [3.63, 3.8) is 0 Å². The second-order valence-electron chi connectivity index (χ2n) is 7.21. The number of fused-ring (bicyclic) bond motifs is 1. The van der Waals surface area contributed by atoms with Crippen molar-refractivity contribution in [1.82, 2.24) is 14.8 Å². The molecule has 0 radical (unpaired) electrons. The number of benzene rings is 1. The van der Waals surface area contributed by atoms with Crippen LogP contribution in [0.3, 0.4) is 0 Å². The average molecular weight is 327 g/mol.